The van der Waals surface area contributed by atoms with Crippen molar-refractivity contribution in [2.45, 2.75) is 26.4 Å². The Morgan fingerprint density at radius 1 is 1.22 bits per heavy atom. The first-order chi connectivity index (χ1) is 12.8. The van der Waals surface area contributed by atoms with Crippen molar-refractivity contribution in [3.05, 3.63) is 75.1 Å². The average Bonchev–Trinajstić information content (AvgIpc) is 2.63. The fourth-order valence-electron chi connectivity index (χ4n) is 2.44. The highest BCUT2D eigenvalue weighted by Crippen LogP contribution is 2.22. The molecule has 1 atom stereocenters. The smallest absolute Gasteiger partial charge is 0.339 e. The Morgan fingerprint density at radius 3 is 2.52 bits per heavy atom. The number of amides is 1. The van der Waals surface area contributed by atoms with E-state index in [0.717, 1.165) is 5.56 Å². The van der Waals surface area contributed by atoms with Crippen LogP contribution in [-0.4, -0.2) is 29.4 Å². The molecule has 0 saturated carbocycles. The zero-order chi connectivity index (χ0) is 20.0. The molecule has 0 radical (unpaired) electrons. The number of ether oxygens (including phenoxy) is 1. The monoisotopic (exact) mass is 374 g/mol. The molecule has 7 nitrogen and oxygen atoms in total. The van der Waals surface area contributed by atoms with Gasteiger partial charge in [0.15, 0.2) is 6.10 Å². The summed E-state index contributed by atoms with van der Waals surface area (Å²) in [5.74, 6) is -1.63. The molecule has 2 aromatic rings. The maximum atomic E-state index is 12.8. The number of hydrogen-bond donors (Lipinski definition) is 1. The van der Waals surface area contributed by atoms with Gasteiger partial charge in [-0.15, -0.1) is 0 Å². The number of carbonyl (C=O) groups is 2. The van der Waals surface area contributed by atoms with E-state index in [1.807, 2.05) is 0 Å². The summed E-state index contributed by atoms with van der Waals surface area (Å²) in [6, 6.07) is 9.99. The van der Waals surface area contributed by atoms with Crippen LogP contribution in [0.3, 0.4) is 0 Å². The zero-order valence-corrected chi connectivity index (χ0v) is 14.9. The number of hydrogen-bond acceptors (Lipinski definition) is 5. The summed E-state index contributed by atoms with van der Waals surface area (Å²) in [5.41, 5.74) is 0.876. The molecular formula is C19H19FN2O5. The molecule has 0 aliphatic carbocycles. The fourth-order valence-corrected chi connectivity index (χ4v) is 2.44. The van der Waals surface area contributed by atoms with Crippen LogP contribution in [0.5, 0.6) is 0 Å². The van der Waals surface area contributed by atoms with Crippen LogP contribution in [0.15, 0.2) is 42.5 Å². The van der Waals surface area contributed by atoms with Gasteiger partial charge in [-0.25, -0.2) is 9.18 Å². The highest BCUT2D eigenvalue weighted by Gasteiger charge is 2.23. The maximum Gasteiger partial charge on any atom is 0.339 e. The Hall–Kier alpha value is -3.29. The van der Waals surface area contributed by atoms with Gasteiger partial charge in [0.1, 0.15) is 5.82 Å². The summed E-state index contributed by atoms with van der Waals surface area (Å²) < 4.78 is 18.0. The lowest BCUT2D eigenvalue weighted by molar-refractivity contribution is -0.385. The third-order valence-corrected chi connectivity index (χ3v) is 4.00. The van der Waals surface area contributed by atoms with Crippen LogP contribution in [-0.2, 0) is 16.0 Å². The Labute approximate surface area is 155 Å². The summed E-state index contributed by atoms with van der Waals surface area (Å²) in [6.07, 6.45) is -0.569. The first kappa shape index (κ1) is 20.0. The summed E-state index contributed by atoms with van der Waals surface area (Å²) >= 11 is 0. The van der Waals surface area contributed by atoms with Crippen molar-refractivity contribution < 1.29 is 23.6 Å². The standard InChI is InChI=1S/C19H19FN2O5/c1-12-16(4-3-5-17(12)22(25)26)19(24)27-13(2)18(23)21-11-10-14-6-8-15(20)9-7-14/h3-9,13H,10-11H2,1-2H3,(H,21,23)/t13-/m1/s1. The van der Waals surface area contributed by atoms with Crippen LogP contribution in [0.4, 0.5) is 10.1 Å². The number of esters is 1. The number of nitro groups is 1. The number of nitro benzene ring substituents is 1. The average molecular weight is 374 g/mol. The summed E-state index contributed by atoms with van der Waals surface area (Å²) in [7, 11) is 0. The molecule has 2 rings (SSSR count). The Bertz CT molecular complexity index is 852. The fraction of sp³-hybridized carbons (Fsp3) is 0.263. The Kier molecular flexibility index (Phi) is 6.59. The van der Waals surface area contributed by atoms with E-state index in [-0.39, 0.29) is 22.6 Å². The van der Waals surface area contributed by atoms with Crippen LogP contribution < -0.4 is 5.32 Å². The molecule has 27 heavy (non-hydrogen) atoms. The molecule has 0 aliphatic rings. The second-order valence-corrected chi connectivity index (χ2v) is 5.92. The van der Waals surface area contributed by atoms with Crippen molar-refractivity contribution in [3.63, 3.8) is 0 Å². The van der Waals surface area contributed by atoms with Crippen LogP contribution in [0.25, 0.3) is 0 Å². The van der Waals surface area contributed by atoms with Gasteiger partial charge in [0.2, 0.25) is 0 Å². The number of nitrogens with zero attached hydrogens (tertiary/aromatic N) is 1. The summed E-state index contributed by atoms with van der Waals surface area (Å²) in [4.78, 5) is 34.6. The van der Waals surface area contributed by atoms with Gasteiger partial charge >= 0.3 is 5.97 Å². The van der Waals surface area contributed by atoms with Gasteiger partial charge in [0, 0.05) is 18.2 Å². The van der Waals surface area contributed by atoms with E-state index in [2.05, 4.69) is 5.32 Å². The second-order valence-electron chi connectivity index (χ2n) is 5.92. The van der Waals surface area contributed by atoms with Crippen LogP contribution in [0.1, 0.15) is 28.4 Å². The van der Waals surface area contributed by atoms with Gasteiger partial charge in [-0.1, -0.05) is 18.2 Å². The van der Waals surface area contributed by atoms with Gasteiger partial charge in [0.25, 0.3) is 11.6 Å². The third-order valence-electron chi connectivity index (χ3n) is 4.00. The number of halogens is 1. The lowest BCUT2D eigenvalue weighted by Crippen LogP contribution is -2.37. The molecule has 142 valence electrons. The van der Waals surface area contributed by atoms with Crippen molar-refractivity contribution in [2.24, 2.45) is 0 Å². The van der Waals surface area contributed by atoms with Crippen LogP contribution in [0.2, 0.25) is 0 Å². The molecule has 2 aromatic carbocycles. The molecule has 0 aliphatic heterocycles. The minimum absolute atomic E-state index is 0.0372. The van der Waals surface area contributed by atoms with Gasteiger partial charge in [-0.05, 0) is 44.0 Å². The second kappa shape index (κ2) is 8.88. The normalized spacial score (nSPS) is 11.5. The number of carbonyl (C=O) groups excluding carboxylic acids is 2. The molecular weight excluding hydrogens is 355 g/mol. The van der Waals surface area contributed by atoms with Crippen molar-refractivity contribution in [1.82, 2.24) is 5.32 Å². The highest BCUT2D eigenvalue weighted by atomic mass is 19.1. The van der Waals surface area contributed by atoms with E-state index in [0.29, 0.717) is 13.0 Å². The molecule has 0 heterocycles. The van der Waals surface area contributed by atoms with Gasteiger partial charge < -0.3 is 10.1 Å². The predicted molar refractivity (Wildman–Crippen MR) is 95.8 cm³/mol. The summed E-state index contributed by atoms with van der Waals surface area (Å²) in [5, 5.41) is 13.6. The first-order valence-electron chi connectivity index (χ1n) is 8.26. The van der Waals surface area contributed by atoms with Gasteiger partial charge in [-0.3, -0.25) is 14.9 Å². The molecule has 0 fully saturated rings. The molecule has 0 bridgehead atoms. The molecule has 0 saturated heterocycles. The molecule has 1 N–H and O–H groups in total. The third kappa shape index (κ3) is 5.34. The summed E-state index contributed by atoms with van der Waals surface area (Å²) in [6.45, 7) is 3.15. The molecule has 1 amide bonds. The zero-order valence-electron chi connectivity index (χ0n) is 14.9. The minimum atomic E-state index is -1.07. The lowest BCUT2D eigenvalue weighted by atomic mass is 10.1. The number of nitrogens with one attached hydrogen (secondary N) is 1. The van der Waals surface area contributed by atoms with E-state index in [1.54, 1.807) is 12.1 Å². The van der Waals surface area contributed by atoms with E-state index in [9.17, 15) is 24.1 Å². The minimum Gasteiger partial charge on any atom is -0.449 e. The predicted octanol–water partition coefficient (Wildman–Crippen LogP) is 2.95. The topological polar surface area (TPSA) is 98.5 Å². The Morgan fingerprint density at radius 2 is 1.89 bits per heavy atom. The van der Waals surface area contributed by atoms with Crippen molar-refractivity contribution in [3.8, 4) is 0 Å². The van der Waals surface area contributed by atoms with Crippen LogP contribution >= 0.6 is 0 Å². The maximum absolute atomic E-state index is 12.8. The molecule has 0 aromatic heterocycles. The molecule has 0 unspecified atom stereocenters. The number of rotatable bonds is 7. The van der Waals surface area contributed by atoms with Gasteiger partial charge in [-0.2, -0.15) is 0 Å². The highest BCUT2D eigenvalue weighted by molar-refractivity contribution is 5.94. The molecule has 0 spiro atoms. The van der Waals surface area contributed by atoms with Crippen molar-refractivity contribution in [1.29, 1.82) is 0 Å². The van der Waals surface area contributed by atoms with Gasteiger partial charge in [0.05, 0.1) is 10.5 Å². The first-order valence-corrected chi connectivity index (χ1v) is 8.26. The van der Waals surface area contributed by atoms with Crippen LogP contribution in [0, 0.1) is 22.9 Å². The van der Waals surface area contributed by atoms with Crippen molar-refractivity contribution >= 4 is 17.6 Å². The SMILES string of the molecule is Cc1c(C(=O)O[C@H](C)C(=O)NCCc2ccc(F)cc2)cccc1[N+](=O)[O-]. The van der Waals surface area contributed by atoms with E-state index in [1.165, 1.54) is 44.2 Å². The van der Waals surface area contributed by atoms with E-state index in [4.69, 9.17) is 4.74 Å². The quantitative estimate of drug-likeness (QED) is 0.456. The lowest BCUT2D eigenvalue weighted by Gasteiger charge is -2.14. The van der Waals surface area contributed by atoms with E-state index < -0.39 is 22.9 Å². The Balaban J connectivity index is 1.90. The van der Waals surface area contributed by atoms with E-state index >= 15 is 0 Å². The molecule has 8 heteroatoms. The largest absolute Gasteiger partial charge is 0.449 e. The number of benzene rings is 2. The van der Waals surface area contributed by atoms with Crippen molar-refractivity contribution in [2.75, 3.05) is 6.54 Å².